The van der Waals surface area contributed by atoms with Crippen molar-refractivity contribution in [1.29, 1.82) is 0 Å². The van der Waals surface area contributed by atoms with E-state index in [1.807, 2.05) is 4.90 Å². The van der Waals surface area contributed by atoms with Gasteiger partial charge in [0, 0.05) is 19.1 Å². The smallest absolute Gasteiger partial charge is 0.296 e. The zero-order valence-corrected chi connectivity index (χ0v) is 11.2. The van der Waals surface area contributed by atoms with E-state index in [0.717, 1.165) is 13.0 Å². The lowest BCUT2D eigenvalue weighted by Gasteiger charge is -2.36. The van der Waals surface area contributed by atoms with E-state index in [4.69, 9.17) is 10.5 Å². The standard InChI is InChI=1S/C13H19N3O3/c1-9-5-6-15(8-11(9)14)12-4-3-10(19-2)7-13(12)16(17)18/h3-4,7,9,11H,5-6,8,14H2,1-2H3. The molecular weight excluding hydrogens is 246 g/mol. The molecule has 0 amide bonds. The van der Waals surface area contributed by atoms with Crippen LogP contribution in [0, 0.1) is 16.0 Å². The summed E-state index contributed by atoms with van der Waals surface area (Å²) in [6, 6.07) is 4.99. The Hall–Kier alpha value is -1.82. The van der Waals surface area contributed by atoms with Gasteiger partial charge >= 0.3 is 0 Å². The topological polar surface area (TPSA) is 81.6 Å². The fourth-order valence-electron chi connectivity index (χ4n) is 2.36. The van der Waals surface area contributed by atoms with Gasteiger partial charge in [0.05, 0.1) is 18.1 Å². The van der Waals surface area contributed by atoms with Gasteiger partial charge < -0.3 is 15.4 Å². The highest BCUT2D eigenvalue weighted by molar-refractivity contribution is 5.65. The summed E-state index contributed by atoms with van der Waals surface area (Å²) < 4.78 is 5.04. The van der Waals surface area contributed by atoms with E-state index in [9.17, 15) is 10.1 Å². The fraction of sp³-hybridized carbons (Fsp3) is 0.538. The van der Waals surface area contributed by atoms with Crippen LogP contribution in [0.2, 0.25) is 0 Å². The number of ether oxygens (including phenoxy) is 1. The molecule has 0 radical (unpaired) electrons. The van der Waals surface area contributed by atoms with E-state index in [1.54, 1.807) is 12.1 Å². The molecule has 1 aliphatic heterocycles. The quantitative estimate of drug-likeness (QED) is 0.665. The van der Waals surface area contributed by atoms with Crippen molar-refractivity contribution < 1.29 is 9.66 Å². The third-order valence-corrected chi connectivity index (χ3v) is 3.74. The van der Waals surface area contributed by atoms with E-state index in [-0.39, 0.29) is 16.7 Å². The number of hydrogen-bond acceptors (Lipinski definition) is 5. The van der Waals surface area contributed by atoms with Crippen LogP contribution in [0.4, 0.5) is 11.4 Å². The lowest BCUT2D eigenvalue weighted by molar-refractivity contribution is -0.384. The molecule has 1 fully saturated rings. The second-order valence-corrected chi connectivity index (χ2v) is 4.99. The highest BCUT2D eigenvalue weighted by atomic mass is 16.6. The number of methoxy groups -OCH3 is 1. The number of nitrogens with two attached hydrogens (primary N) is 1. The van der Waals surface area contributed by atoms with Crippen molar-refractivity contribution in [2.45, 2.75) is 19.4 Å². The molecule has 1 aromatic carbocycles. The van der Waals surface area contributed by atoms with Crippen molar-refractivity contribution in [2.75, 3.05) is 25.1 Å². The predicted octanol–water partition coefficient (Wildman–Crippen LogP) is 1.78. The SMILES string of the molecule is COc1ccc(N2CCC(C)C(N)C2)c([N+](=O)[O-])c1. The molecule has 1 saturated heterocycles. The number of rotatable bonds is 3. The van der Waals surface area contributed by atoms with Gasteiger partial charge in [0.2, 0.25) is 0 Å². The van der Waals surface area contributed by atoms with Crippen LogP contribution in [0.3, 0.4) is 0 Å². The third-order valence-electron chi connectivity index (χ3n) is 3.74. The van der Waals surface area contributed by atoms with E-state index in [0.29, 0.717) is 23.9 Å². The van der Waals surface area contributed by atoms with Gasteiger partial charge in [-0.3, -0.25) is 10.1 Å². The molecule has 2 rings (SSSR count). The number of nitrogens with zero attached hydrogens (tertiary/aromatic N) is 2. The fourth-order valence-corrected chi connectivity index (χ4v) is 2.36. The van der Waals surface area contributed by atoms with Gasteiger partial charge in [-0.2, -0.15) is 0 Å². The molecule has 6 nitrogen and oxygen atoms in total. The first-order valence-electron chi connectivity index (χ1n) is 6.36. The Morgan fingerprint density at radius 2 is 2.26 bits per heavy atom. The zero-order chi connectivity index (χ0) is 14.0. The monoisotopic (exact) mass is 265 g/mol. The van der Waals surface area contributed by atoms with Crippen molar-refractivity contribution in [1.82, 2.24) is 0 Å². The van der Waals surface area contributed by atoms with Crippen LogP contribution in [0.15, 0.2) is 18.2 Å². The molecule has 6 heteroatoms. The summed E-state index contributed by atoms with van der Waals surface area (Å²) in [7, 11) is 1.50. The largest absolute Gasteiger partial charge is 0.496 e. The molecular formula is C13H19N3O3. The average Bonchev–Trinajstić information content (AvgIpc) is 2.41. The van der Waals surface area contributed by atoms with Crippen LogP contribution < -0.4 is 15.4 Å². The van der Waals surface area contributed by atoms with Crippen molar-refractivity contribution in [3.8, 4) is 5.75 Å². The van der Waals surface area contributed by atoms with Crippen LogP contribution in [0.5, 0.6) is 5.75 Å². The normalized spacial score (nSPS) is 23.2. The van der Waals surface area contributed by atoms with E-state index >= 15 is 0 Å². The first-order chi connectivity index (χ1) is 9.02. The lowest BCUT2D eigenvalue weighted by atomic mass is 9.94. The summed E-state index contributed by atoms with van der Waals surface area (Å²) in [4.78, 5) is 12.8. The van der Waals surface area contributed by atoms with E-state index in [1.165, 1.54) is 13.2 Å². The van der Waals surface area contributed by atoms with Gasteiger partial charge in [0.1, 0.15) is 11.4 Å². The Bertz CT molecular complexity index is 478. The molecule has 0 aliphatic carbocycles. The Labute approximate surface area is 112 Å². The highest BCUT2D eigenvalue weighted by Gasteiger charge is 2.27. The number of nitro groups is 1. The molecule has 0 spiro atoms. The van der Waals surface area contributed by atoms with Crippen LogP contribution in [0.1, 0.15) is 13.3 Å². The summed E-state index contributed by atoms with van der Waals surface area (Å²) in [5.41, 5.74) is 6.74. The first kappa shape index (κ1) is 13.6. The minimum atomic E-state index is -0.374. The van der Waals surface area contributed by atoms with Gasteiger partial charge in [0.15, 0.2) is 0 Å². The number of anilines is 1. The molecule has 2 unspecified atom stereocenters. The molecule has 0 bridgehead atoms. The van der Waals surface area contributed by atoms with Crippen molar-refractivity contribution in [2.24, 2.45) is 11.7 Å². The number of nitro benzene ring substituents is 1. The summed E-state index contributed by atoms with van der Waals surface area (Å²) in [6.45, 7) is 3.56. The molecule has 2 atom stereocenters. The molecule has 2 N–H and O–H groups in total. The van der Waals surface area contributed by atoms with Gasteiger partial charge in [-0.25, -0.2) is 0 Å². The van der Waals surface area contributed by atoms with Crippen LogP contribution in [0.25, 0.3) is 0 Å². The molecule has 0 aromatic heterocycles. The molecule has 1 aliphatic rings. The first-order valence-corrected chi connectivity index (χ1v) is 6.36. The predicted molar refractivity (Wildman–Crippen MR) is 73.6 cm³/mol. The summed E-state index contributed by atoms with van der Waals surface area (Å²) >= 11 is 0. The minimum absolute atomic E-state index is 0.0513. The maximum absolute atomic E-state index is 11.2. The lowest BCUT2D eigenvalue weighted by Crippen LogP contribution is -2.47. The number of hydrogen-bond donors (Lipinski definition) is 1. The Morgan fingerprint density at radius 3 is 2.84 bits per heavy atom. The molecule has 0 saturated carbocycles. The zero-order valence-electron chi connectivity index (χ0n) is 11.2. The molecule has 19 heavy (non-hydrogen) atoms. The Morgan fingerprint density at radius 1 is 1.53 bits per heavy atom. The van der Waals surface area contributed by atoms with Crippen molar-refractivity contribution >= 4 is 11.4 Å². The third kappa shape index (κ3) is 2.78. The number of piperidine rings is 1. The van der Waals surface area contributed by atoms with Gasteiger partial charge in [-0.05, 0) is 24.5 Å². The van der Waals surface area contributed by atoms with Gasteiger partial charge in [0.25, 0.3) is 5.69 Å². The molecule has 104 valence electrons. The van der Waals surface area contributed by atoms with Crippen molar-refractivity contribution in [3.63, 3.8) is 0 Å². The van der Waals surface area contributed by atoms with Crippen molar-refractivity contribution in [3.05, 3.63) is 28.3 Å². The van der Waals surface area contributed by atoms with Gasteiger partial charge in [-0.1, -0.05) is 6.92 Å². The summed E-state index contributed by atoms with van der Waals surface area (Å²) in [5, 5.41) is 11.2. The highest BCUT2D eigenvalue weighted by Crippen LogP contribution is 2.34. The maximum atomic E-state index is 11.2. The molecule has 1 heterocycles. The Balaban J connectivity index is 2.31. The Kier molecular flexibility index (Phi) is 3.90. The summed E-state index contributed by atoms with van der Waals surface area (Å²) in [5.74, 6) is 0.943. The number of benzene rings is 1. The second kappa shape index (κ2) is 5.44. The van der Waals surface area contributed by atoms with E-state index in [2.05, 4.69) is 6.92 Å². The van der Waals surface area contributed by atoms with Crippen LogP contribution in [-0.2, 0) is 0 Å². The van der Waals surface area contributed by atoms with Crippen LogP contribution >= 0.6 is 0 Å². The minimum Gasteiger partial charge on any atom is -0.496 e. The van der Waals surface area contributed by atoms with Gasteiger partial charge in [-0.15, -0.1) is 0 Å². The van der Waals surface area contributed by atoms with Crippen LogP contribution in [-0.4, -0.2) is 31.2 Å². The summed E-state index contributed by atoms with van der Waals surface area (Å²) in [6.07, 6.45) is 0.949. The molecule has 1 aromatic rings. The second-order valence-electron chi connectivity index (χ2n) is 4.99. The van der Waals surface area contributed by atoms with E-state index < -0.39 is 0 Å². The maximum Gasteiger partial charge on any atom is 0.296 e. The average molecular weight is 265 g/mol.